The SMILES string of the molecule is COC(=O)c1ccc(CN/C=C(/C#N)C(=O)Nc2cccc(Cl)c2)cc1. The van der Waals surface area contributed by atoms with Crippen molar-refractivity contribution in [2.75, 3.05) is 12.4 Å². The molecule has 0 bridgehead atoms. The molecule has 0 aliphatic heterocycles. The Morgan fingerprint density at radius 3 is 2.58 bits per heavy atom. The Hall–Kier alpha value is -3.30. The second-order valence-corrected chi connectivity index (χ2v) is 5.64. The lowest BCUT2D eigenvalue weighted by atomic mass is 10.1. The van der Waals surface area contributed by atoms with Crippen molar-refractivity contribution in [3.8, 4) is 6.07 Å². The molecule has 0 heterocycles. The predicted octanol–water partition coefficient (Wildman–Crippen LogP) is 3.26. The van der Waals surface area contributed by atoms with Gasteiger partial charge in [0.15, 0.2) is 0 Å². The highest BCUT2D eigenvalue weighted by molar-refractivity contribution is 6.31. The first-order chi connectivity index (χ1) is 12.5. The summed E-state index contributed by atoms with van der Waals surface area (Å²) >= 11 is 5.86. The molecule has 0 radical (unpaired) electrons. The average Bonchev–Trinajstić information content (AvgIpc) is 2.65. The van der Waals surface area contributed by atoms with Crippen LogP contribution in [0.4, 0.5) is 5.69 Å². The average molecular weight is 370 g/mol. The van der Waals surface area contributed by atoms with E-state index < -0.39 is 11.9 Å². The molecule has 0 saturated carbocycles. The van der Waals surface area contributed by atoms with Gasteiger partial charge >= 0.3 is 5.97 Å². The Morgan fingerprint density at radius 2 is 1.96 bits per heavy atom. The van der Waals surface area contributed by atoms with Crippen LogP contribution in [0.5, 0.6) is 0 Å². The molecule has 0 fully saturated rings. The van der Waals surface area contributed by atoms with Crippen LogP contribution >= 0.6 is 11.6 Å². The number of hydrogen-bond donors (Lipinski definition) is 2. The van der Waals surface area contributed by atoms with Gasteiger partial charge in [0.2, 0.25) is 0 Å². The maximum Gasteiger partial charge on any atom is 0.337 e. The molecule has 2 aromatic carbocycles. The molecule has 2 N–H and O–H groups in total. The summed E-state index contributed by atoms with van der Waals surface area (Å²) in [5, 5.41) is 15.1. The van der Waals surface area contributed by atoms with Gasteiger partial charge in [0, 0.05) is 23.5 Å². The molecule has 2 aromatic rings. The van der Waals surface area contributed by atoms with Crippen LogP contribution < -0.4 is 10.6 Å². The van der Waals surface area contributed by atoms with Crippen molar-refractivity contribution in [3.63, 3.8) is 0 Å². The number of hydrogen-bond acceptors (Lipinski definition) is 5. The molecule has 0 aliphatic rings. The molecular formula is C19H16ClN3O3. The van der Waals surface area contributed by atoms with E-state index in [1.807, 2.05) is 6.07 Å². The highest BCUT2D eigenvalue weighted by Gasteiger charge is 2.09. The first-order valence-electron chi connectivity index (χ1n) is 7.61. The maximum atomic E-state index is 12.1. The number of carbonyl (C=O) groups is 2. The first-order valence-corrected chi connectivity index (χ1v) is 7.99. The minimum atomic E-state index is -0.539. The van der Waals surface area contributed by atoms with Crippen molar-refractivity contribution in [1.82, 2.24) is 5.32 Å². The van der Waals surface area contributed by atoms with Gasteiger partial charge in [-0.05, 0) is 35.9 Å². The number of carbonyl (C=O) groups excluding carboxylic acids is 2. The van der Waals surface area contributed by atoms with Gasteiger partial charge in [0.25, 0.3) is 5.91 Å². The fraction of sp³-hybridized carbons (Fsp3) is 0.105. The molecule has 0 atom stereocenters. The summed E-state index contributed by atoms with van der Waals surface area (Å²) in [4.78, 5) is 23.5. The summed E-state index contributed by atoms with van der Waals surface area (Å²) < 4.78 is 4.63. The summed E-state index contributed by atoms with van der Waals surface area (Å²) in [6.07, 6.45) is 1.34. The lowest BCUT2D eigenvalue weighted by molar-refractivity contribution is -0.112. The summed E-state index contributed by atoms with van der Waals surface area (Å²) in [6.45, 7) is 0.386. The minimum Gasteiger partial charge on any atom is -0.465 e. The van der Waals surface area contributed by atoms with Crippen LogP contribution in [0, 0.1) is 11.3 Å². The fourth-order valence-electron chi connectivity index (χ4n) is 2.06. The molecular weight excluding hydrogens is 354 g/mol. The Morgan fingerprint density at radius 1 is 1.23 bits per heavy atom. The van der Waals surface area contributed by atoms with E-state index in [4.69, 9.17) is 16.9 Å². The van der Waals surface area contributed by atoms with E-state index in [1.54, 1.807) is 48.5 Å². The summed E-state index contributed by atoms with van der Waals surface area (Å²) in [7, 11) is 1.32. The van der Waals surface area contributed by atoms with E-state index in [1.165, 1.54) is 13.3 Å². The van der Waals surface area contributed by atoms with E-state index in [0.29, 0.717) is 22.8 Å². The van der Waals surface area contributed by atoms with E-state index in [0.717, 1.165) is 5.56 Å². The van der Waals surface area contributed by atoms with Crippen LogP contribution in [-0.2, 0) is 16.1 Å². The smallest absolute Gasteiger partial charge is 0.337 e. The van der Waals surface area contributed by atoms with Gasteiger partial charge in [-0.1, -0.05) is 29.8 Å². The topological polar surface area (TPSA) is 91.2 Å². The van der Waals surface area contributed by atoms with Crippen molar-refractivity contribution in [3.05, 3.63) is 76.5 Å². The molecule has 0 spiro atoms. The predicted molar refractivity (Wildman–Crippen MR) is 98.4 cm³/mol. The van der Waals surface area contributed by atoms with Crippen molar-refractivity contribution in [2.24, 2.45) is 0 Å². The molecule has 2 rings (SSSR count). The van der Waals surface area contributed by atoms with Crippen LogP contribution in [-0.4, -0.2) is 19.0 Å². The van der Waals surface area contributed by atoms with Crippen LogP contribution in [0.1, 0.15) is 15.9 Å². The van der Waals surface area contributed by atoms with E-state index in [9.17, 15) is 9.59 Å². The molecule has 0 saturated heterocycles. The lowest BCUT2D eigenvalue weighted by Crippen LogP contribution is -2.16. The first kappa shape index (κ1) is 19.0. The third-order valence-electron chi connectivity index (χ3n) is 3.38. The monoisotopic (exact) mass is 369 g/mol. The van der Waals surface area contributed by atoms with Crippen LogP contribution in [0.3, 0.4) is 0 Å². The van der Waals surface area contributed by atoms with Crippen LogP contribution in [0.15, 0.2) is 60.3 Å². The van der Waals surface area contributed by atoms with E-state index >= 15 is 0 Å². The quantitative estimate of drug-likeness (QED) is 0.463. The number of amides is 1. The Bertz CT molecular complexity index is 870. The normalized spacial score (nSPS) is 10.6. The van der Waals surface area contributed by atoms with Crippen molar-refractivity contribution in [1.29, 1.82) is 5.26 Å². The number of methoxy groups -OCH3 is 1. The molecule has 0 aromatic heterocycles. The molecule has 6 nitrogen and oxygen atoms in total. The molecule has 1 amide bonds. The summed E-state index contributed by atoms with van der Waals surface area (Å²) in [5.74, 6) is -0.947. The number of nitrogens with one attached hydrogen (secondary N) is 2. The van der Waals surface area contributed by atoms with Gasteiger partial charge in [-0.3, -0.25) is 4.79 Å². The van der Waals surface area contributed by atoms with Crippen molar-refractivity contribution >= 4 is 29.2 Å². The fourth-order valence-corrected chi connectivity index (χ4v) is 2.25. The number of esters is 1. The van der Waals surface area contributed by atoms with Gasteiger partial charge < -0.3 is 15.4 Å². The number of anilines is 1. The number of nitriles is 1. The zero-order valence-corrected chi connectivity index (χ0v) is 14.7. The molecule has 26 heavy (non-hydrogen) atoms. The number of nitrogens with zero attached hydrogens (tertiary/aromatic N) is 1. The summed E-state index contributed by atoms with van der Waals surface area (Å²) in [6, 6.07) is 15.3. The molecule has 7 heteroatoms. The van der Waals surface area contributed by atoms with Crippen molar-refractivity contribution in [2.45, 2.75) is 6.54 Å². The Balaban J connectivity index is 1.95. The zero-order valence-electron chi connectivity index (χ0n) is 14.0. The van der Waals surface area contributed by atoms with Gasteiger partial charge in [-0.25, -0.2) is 4.79 Å². The number of benzene rings is 2. The third kappa shape index (κ3) is 5.36. The standard InChI is InChI=1S/C19H16ClN3O3/c1-26-19(25)14-7-5-13(6-8-14)11-22-12-15(10-21)18(24)23-17-4-2-3-16(20)9-17/h2-9,12,22H,11H2,1H3,(H,23,24)/b15-12-. The van der Waals surface area contributed by atoms with Gasteiger partial charge in [0.1, 0.15) is 11.6 Å². The molecule has 0 aliphatic carbocycles. The van der Waals surface area contributed by atoms with Crippen LogP contribution in [0.2, 0.25) is 5.02 Å². The Kier molecular flexibility index (Phi) is 6.77. The zero-order chi connectivity index (χ0) is 18.9. The Labute approximate surface area is 156 Å². The third-order valence-corrected chi connectivity index (χ3v) is 3.61. The van der Waals surface area contributed by atoms with Gasteiger partial charge in [-0.15, -0.1) is 0 Å². The second-order valence-electron chi connectivity index (χ2n) is 5.20. The van der Waals surface area contributed by atoms with E-state index in [2.05, 4.69) is 15.4 Å². The number of rotatable bonds is 6. The second kappa shape index (κ2) is 9.25. The molecule has 0 unspecified atom stereocenters. The highest BCUT2D eigenvalue weighted by Crippen LogP contribution is 2.15. The number of halogens is 1. The van der Waals surface area contributed by atoms with Crippen LogP contribution in [0.25, 0.3) is 0 Å². The van der Waals surface area contributed by atoms with Crippen molar-refractivity contribution < 1.29 is 14.3 Å². The highest BCUT2D eigenvalue weighted by atomic mass is 35.5. The minimum absolute atomic E-state index is 0.0730. The lowest BCUT2D eigenvalue weighted by Gasteiger charge is -2.06. The number of ether oxygens (including phenoxy) is 1. The largest absolute Gasteiger partial charge is 0.465 e. The van der Waals surface area contributed by atoms with Gasteiger partial charge in [-0.2, -0.15) is 5.26 Å². The maximum absolute atomic E-state index is 12.1. The van der Waals surface area contributed by atoms with E-state index in [-0.39, 0.29) is 5.57 Å². The molecule has 132 valence electrons. The summed E-state index contributed by atoms with van der Waals surface area (Å²) in [5.41, 5.74) is 1.75. The van der Waals surface area contributed by atoms with Gasteiger partial charge in [0.05, 0.1) is 12.7 Å².